The number of nitrogens with one attached hydrogen (secondary N) is 1. The summed E-state index contributed by atoms with van der Waals surface area (Å²) in [6.07, 6.45) is 9.28. The van der Waals surface area contributed by atoms with Gasteiger partial charge in [-0.05, 0) is 38.6 Å². The van der Waals surface area contributed by atoms with E-state index in [2.05, 4.69) is 28.9 Å². The van der Waals surface area contributed by atoms with Crippen molar-refractivity contribution in [2.45, 2.75) is 70.9 Å². The number of hydrogen-bond acceptors (Lipinski definition) is 3. The van der Waals surface area contributed by atoms with Gasteiger partial charge in [0.1, 0.15) is 0 Å². The topological polar surface area (TPSA) is 39.1 Å². The number of methoxy groups -OCH3 is 1. The van der Waals surface area contributed by atoms with Gasteiger partial charge < -0.3 is 10.1 Å². The highest BCUT2D eigenvalue weighted by Crippen LogP contribution is 2.37. The van der Waals surface area contributed by atoms with E-state index < -0.39 is 0 Å². The van der Waals surface area contributed by atoms with Crippen molar-refractivity contribution in [3.8, 4) is 5.75 Å². The van der Waals surface area contributed by atoms with Crippen molar-refractivity contribution in [2.24, 2.45) is 0 Å². The molecule has 1 aliphatic rings. The molecule has 0 saturated heterocycles. The lowest BCUT2D eigenvalue weighted by atomic mass is 9.83. The van der Waals surface area contributed by atoms with Crippen LogP contribution in [-0.4, -0.2) is 29.5 Å². The van der Waals surface area contributed by atoms with E-state index in [0.717, 1.165) is 25.3 Å². The molecule has 1 aliphatic carbocycles. The molecule has 20 heavy (non-hydrogen) atoms. The van der Waals surface area contributed by atoms with Crippen LogP contribution in [-0.2, 0) is 6.54 Å². The first-order valence-corrected chi connectivity index (χ1v) is 8.13. The van der Waals surface area contributed by atoms with E-state index in [4.69, 9.17) is 4.74 Å². The molecule has 1 N–H and O–H groups in total. The minimum atomic E-state index is 0.585. The van der Waals surface area contributed by atoms with Gasteiger partial charge in [0.2, 0.25) is 0 Å². The highest BCUT2D eigenvalue weighted by molar-refractivity contribution is 5.29. The van der Waals surface area contributed by atoms with E-state index in [1.54, 1.807) is 7.11 Å². The summed E-state index contributed by atoms with van der Waals surface area (Å²) in [6.45, 7) is 6.54. The minimum Gasteiger partial charge on any atom is -0.493 e. The standard InChI is InChI=1S/C16H29N3O/c1-4-9-17-14-8-6-7-13(11-14)16-15(20-3)12-18-19(16)10-5-2/h12-14,17H,4-11H2,1-3H3. The normalized spacial score (nSPS) is 22.9. The second kappa shape index (κ2) is 7.67. The molecule has 0 bridgehead atoms. The summed E-state index contributed by atoms with van der Waals surface area (Å²) in [5.74, 6) is 1.56. The largest absolute Gasteiger partial charge is 0.493 e. The maximum Gasteiger partial charge on any atom is 0.160 e. The molecule has 0 aromatic carbocycles. The summed E-state index contributed by atoms with van der Waals surface area (Å²) in [7, 11) is 1.76. The molecule has 0 spiro atoms. The van der Waals surface area contributed by atoms with Gasteiger partial charge in [-0.15, -0.1) is 0 Å². The Labute approximate surface area is 122 Å². The van der Waals surface area contributed by atoms with Crippen LogP contribution in [0.1, 0.15) is 64.0 Å². The second-order valence-electron chi connectivity index (χ2n) is 5.84. The van der Waals surface area contributed by atoms with Crippen LogP contribution in [0.4, 0.5) is 0 Å². The van der Waals surface area contributed by atoms with Crippen molar-refractivity contribution in [2.75, 3.05) is 13.7 Å². The lowest BCUT2D eigenvalue weighted by molar-refractivity contribution is 0.318. The van der Waals surface area contributed by atoms with Gasteiger partial charge in [-0.1, -0.05) is 20.3 Å². The average molecular weight is 279 g/mol. The average Bonchev–Trinajstić information content (AvgIpc) is 2.88. The predicted octanol–water partition coefficient (Wildman–Crippen LogP) is 3.33. The van der Waals surface area contributed by atoms with Crippen LogP contribution in [0.2, 0.25) is 0 Å². The Hall–Kier alpha value is -1.03. The monoisotopic (exact) mass is 279 g/mol. The maximum atomic E-state index is 5.54. The van der Waals surface area contributed by atoms with Crippen LogP contribution < -0.4 is 10.1 Å². The smallest absolute Gasteiger partial charge is 0.160 e. The van der Waals surface area contributed by atoms with Crippen LogP contribution in [0.3, 0.4) is 0 Å². The number of rotatable bonds is 7. The van der Waals surface area contributed by atoms with Crippen LogP contribution in [0, 0.1) is 0 Å². The first kappa shape index (κ1) is 15.4. The molecule has 0 radical (unpaired) electrons. The Kier molecular flexibility index (Phi) is 5.89. The van der Waals surface area contributed by atoms with Crippen LogP contribution >= 0.6 is 0 Å². The molecule has 4 nitrogen and oxygen atoms in total. The number of aromatic nitrogens is 2. The fraction of sp³-hybridized carbons (Fsp3) is 0.812. The summed E-state index contributed by atoms with van der Waals surface area (Å²) in [5.41, 5.74) is 1.32. The zero-order valence-corrected chi connectivity index (χ0v) is 13.2. The third-order valence-electron chi connectivity index (χ3n) is 4.24. The summed E-state index contributed by atoms with van der Waals surface area (Å²) in [5, 5.41) is 8.19. The number of hydrogen-bond donors (Lipinski definition) is 1. The molecule has 2 rings (SSSR count). The van der Waals surface area contributed by atoms with E-state index in [-0.39, 0.29) is 0 Å². The van der Waals surface area contributed by atoms with E-state index in [1.807, 2.05) is 6.20 Å². The summed E-state index contributed by atoms with van der Waals surface area (Å²) < 4.78 is 7.70. The van der Waals surface area contributed by atoms with Gasteiger partial charge in [-0.25, -0.2) is 0 Å². The maximum absolute atomic E-state index is 5.54. The van der Waals surface area contributed by atoms with Crippen LogP contribution in [0.15, 0.2) is 6.20 Å². The fourth-order valence-electron chi connectivity index (χ4n) is 3.31. The van der Waals surface area contributed by atoms with E-state index in [0.29, 0.717) is 12.0 Å². The summed E-state index contributed by atoms with van der Waals surface area (Å²) in [4.78, 5) is 0. The Bertz CT molecular complexity index is 402. The Morgan fingerprint density at radius 3 is 2.90 bits per heavy atom. The predicted molar refractivity (Wildman–Crippen MR) is 82.4 cm³/mol. The van der Waals surface area contributed by atoms with Crippen molar-refractivity contribution in [1.82, 2.24) is 15.1 Å². The number of nitrogens with zero attached hydrogens (tertiary/aromatic N) is 2. The highest BCUT2D eigenvalue weighted by Gasteiger charge is 2.28. The van der Waals surface area contributed by atoms with E-state index in [1.165, 1.54) is 37.8 Å². The molecule has 114 valence electrons. The van der Waals surface area contributed by atoms with Crippen molar-refractivity contribution in [3.05, 3.63) is 11.9 Å². The summed E-state index contributed by atoms with van der Waals surface area (Å²) >= 11 is 0. The van der Waals surface area contributed by atoms with E-state index in [9.17, 15) is 0 Å². The lowest BCUT2D eigenvalue weighted by Crippen LogP contribution is -2.34. The van der Waals surface area contributed by atoms with Crippen molar-refractivity contribution < 1.29 is 4.74 Å². The van der Waals surface area contributed by atoms with Gasteiger partial charge in [0.05, 0.1) is 19.0 Å². The summed E-state index contributed by atoms with van der Waals surface area (Å²) in [6, 6.07) is 0.656. The van der Waals surface area contributed by atoms with Crippen molar-refractivity contribution >= 4 is 0 Å². The molecule has 0 aliphatic heterocycles. The number of aryl methyl sites for hydroxylation is 1. The highest BCUT2D eigenvalue weighted by atomic mass is 16.5. The van der Waals surface area contributed by atoms with Gasteiger partial charge in [-0.2, -0.15) is 5.10 Å². The molecular formula is C16H29N3O. The zero-order valence-electron chi connectivity index (χ0n) is 13.2. The molecule has 1 heterocycles. The van der Waals surface area contributed by atoms with Gasteiger partial charge in [-0.3, -0.25) is 4.68 Å². The van der Waals surface area contributed by atoms with Gasteiger partial charge in [0.15, 0.2) is 5.75 Å². The van der Waals surface area contributed by atoms with Crippen molar-refractivity contribution in [1.29, 1.82) is 0 Å². The van der Waals surface area contributed by atoms with E-state index >= 15 is 0 Å². The van der Waals surface area contributed by atoms with Gasteiger partial charge in [0, 0.05) is 18.5 Å². The molecular weight excluding hydrogens is 250 g/mol. The minimum absolute atomic E-state index is 0.585. The Morgan fingerprint density at radius 1 is 1.35 bits per heavy atom. The first-order valence-electron chi connectivity index (χ1n) is 8.13. The molecule has 1 saturated carbocycles. The first-order chi connectivity index (χ1) is 9.80. The molecule has 1 aromatic heterocycles. The SMILES string of the molecule is CCCNC1CCCC(c2c(OC)cnn2CCC)C1. The quantitative estimate of drug-likeness (QED) is 0.832. The molecule has 4 heteroatoms. The molecule has 1 aromatic rings. The Balaban J connectivity index is 2.10. The molecule has 2 atom stereocenters. The van der Waals surface area contributed by atoms with Crippen molar-refractivity contribution in [3.63, 3.8) is 0 Å². The Morgan fingerprint density at radius 2 is 2.20 bits per heavy atom. The third-order valence-corrected chi connectivity index (χ3v) is 4.24. The number of ether oxygens (including phenoxy) is 1. The van der Waals surface area contributed by atoms with Gasteiger partial charge in [0.25, 0.3) is 0 Å². The van der Waals surface area contributed by atoms with Gasteiger partial charge >= 0.3 is 0 Å². The third kappa shape index (κ3) is 3.54. The van der Waals surface area contributed by atoms with Crippen LogP contribution in [0.5, 0.6) is 5.75 Å². The zero-order chi connectivity index (χ0) is 14.4. The fourth-order valence-corrected chi connectivity index (χ4v) is 3.31. The lowest BCUT2D eigenvalue weighted by Gasteiger charge is -2.30. The second-order valence-corrected chi connectivity index (χ2v) is 5.84. The van der Waals surface area contributed by atoms with Crippen LogP contribution in [0.25, 0.3) is 0 Å². The molecule has 2 unspecified atom stereocenters. The molecule has 0 amide bonds. The molecule has 1 fully saturated rings.